The molecule has 0 spiro atoms. The van der Waals surface area contributed by atoms with Gasteiger partial charge in [0.15, 0.2) is 5.75 Å². The zero-order valence-corrected chi connectivity index (χ0v) is 10.1. The van der Waals surface area contributed by atoms with Gasteiger partial charge in [-0.25, -0.2) is 0 Å². The number of aromatic nitrogens is 2. The van der Waals surface area contributed by atoms with Crippen LogP contribution in [0.2, 0.25) is 0 Å². The molecule has 4 nitrogen and oxygen atoms in total. The van der Waals surface area contributed by atoms with Crippen molar-refractivity contribution in [2.45, 2.75) is 45.2 Å². The second-order valence-electron chi connectivity index (χ2n) is 4.71. The van der Waals surface area contributed by atoms with E-state index in [0.29, 0.717) is 12.1 Å². The Morgan fingerprint density at radius 2 is 2.44 bits per heavy atom. The number of hydrogen-bond donors (Lipinski definition) is 1. The first-order valence-corrected chi connectivity index (χ1v) is 6.16. The monoisotopic (exact) mass is 223 g/mol. The van der Waals surface area contributed by atoms with Crippen molar-refractivity contribution >= 4 is 0 Å². The average molecular weight is 223 g/mol. The summed E-state index contributed by atoms with van der Waals surface area (Å²) in [6.45, 7) is 6.10. The Morgan fingerprint density at radius 1 is 1.56 bits per heavy atom. The number of nitrogens with one attached hydrogen (secondary N) is 1. The summed E-state index contributed by atoms with van der Waals surface area (Å²) in [6, 6.07) is 0.904. The molecule has 0 aromatic carbocycles. The minimum Gasteiger partial charge on any atom is -0.489 e. The van der Waals surface area contributed by atoms with E-state index >= 15 is 0 Å². The molecule has 0 radical (unpaired) electrons. The van der Waals surface area contributed by atoms with E-state index in [0.717, 1.165) is 18.9 Å². The van der Waals surface area contributed by atoms with Crippen molar-refractivity contribution in [2.24, 2.45) is 0 Å². The van der Waals surface area contributed by atoms with E-state index in [-0.39, 0.29) is 0 Å². The molecule has 1 aliphatic heterocycles. The molecular weight excluding hydrogens is 202 g/mol. The molecule has 1 aliphatic rings. The topological polar surface area (TPSA) is 39.1 Å². The molecule has 1 N–H and O–H groups in total. The van der Waals surface area contributed by atoms with Gasteiger partial charge in [-0.15, -0.1) is 0 Å². The van der Waals surface area contributed by atoms with Crippen LogP contribution in [0.15, 0.2) is 12.4 Å². The van der Waals surface area contributed by atoms with E-state index in [4.69, 9.17) is 4.74 Å². The number of rotatable bonds is 4. The highest BCUT2D eigenvalue weighted by Crippen LogP contribution is 2.14. The lowest BCUT2D eigenvalue weighted by Crippen LogP contribution is -2.38. The van der Waals surface area contributed by atoms with Gasteiger partial charge in [-0.05, 0) is 33.2 Å². The molecule has 90 valence electrons. The maximum Gasteiger partial charge on any atom is 0.157 e. The number of piperidine rings is 1. The zero-order chi connectivity index (χ0) is 11.4. The highest BCUT2D eigenvalue weighted by molar-refractivity contribution is 5.12. The van der Waals surface area contributed by atoms with Gasteiger partial charge in [0.2, 0.25) is 0 Å². The van der Waals surface area contributed by atoms with Crippen molar-refractivity contribution in [1.82, 2.24) is 15.1 Å². The van der Waals surface area contributed by atoms with Gasteiger partial charge in [0.1, 0.15) is 6.61 Å². The minimum atomic E-state index is 0.394. The molecule has 1 aromatic heterocycles. The highest BCUT2D eigenvalue weighted by atomic mass is 16.5. The maximum absolute atomic E-state index is 5.73. The van der Waals surface area contributed by atoms with Crippen LogP contribution in [0.5, 0.6) is 5.75 Å². The summed E-state index contributed by atoms with van der Waals surface area (Å²) in [6.07, 6.45) is 7.59. The van der Waals surface area contributed by atoms with Crippen LogP contribution in [0.1, 0.15) is 39.2 Å². The molecule has 1 fully saturated rings. The summed E-state index contributed by atoms with van der Waals surface area (Å²) < 4.78 is 7.65. The SMILES string of the molecule is CC(C)n1cc(OCC2CCCCN2)cn1. The van der Waals surface area contributed by atoms with Gasteiger partial charge in [-0.3, -0.25) is 4.68 Å². The van der Waals surface area contributed by atoms with Crippen molar-refractivity contribution < 1.29 is 4.74 Å². The molecule has 1 aromatic rings. The highest BCUT2D eigenvalue weighted by Gasteiger charge is 2.13. The van der Waals surface area contributed by atoms with E-state index in [1.807, 2.05) is 10.9 Å². The normalized spacial score (nSPS) is 21.3. The Morgan fingerprint density at radius 3 is 3.06 bits per heavy atom. The third-order valence-electron chi connectivity index (χ3n) is 2.97. The average Bonchev–Trinajstić information content (AvgIpc) is 2.76. The van der Waals surface area contributed by atoms with E-state index in [1.165, 1.54) is 19.3 Å². The molecule has 4 heteroatoms. The molecule has 1 unspecified atom stereocenters. The molecule has 2 heterocycles. The number of nitrogens with zero attached hydrogens (tertiary/aromatic N) is 2. The first kappa shape index (κ1) is 11.5. The van der Waals surface area contributed by atoms with Gasteiger partial charge in [-0.2, -0.15) is 5.10 Å². The smallest absolute Gasteiger partial charge is 0.157 e. The molecule has 1 atom stereocenters. The van der Waals surface area contributed by atoms with Crippen molar-refractivity contribution in [3.8, 4) is 5.75 Å². The van der Waals surface area contributed by atoms with E-state index in [2.05, 4.69) is 24.3 Å². The second-order valence-corrected chi connectivity index (χ2v) is 4.71. The molecular formula is C12H21N3O. The predicted octanol–water partition coefficient (Wildman–Crippen LogP) is 1.98. The first-order valence-electron chi connectivity index (χ1n) is 6.16. The van der Waals surface area contributed by atoms with Crippen LogP contribution in [-0.2, 0) is 0 Å². The lowest BCUT2D eigenvalue weighted by atomic mass is 10.1. The standard InChI is InChI=1S/C12H21N3O/c1-10(2)15-8-12(7-14-15)16-9-11-5-3-4-6-13-11/h7-8,10-11,13H,3-6,9H2,1-2H3. The van der Waals surface area contributed by atoms with Crippen LogP contribution < -0.4 is 10.1 Å². The summed E-state index contributed by atoms with van der Waals surface area (Å²) >= 11 is 0. The van der Waals surface area contributed by atoms with E-state index in [1.54, 1.807) is 6.20 Å². The van der Waals surface area contributed by atoms with Gasteiger partial charge < -0.3 is 10.1 Å². The largest absolute Gasteiger partial charge is 0.489 e. The molecule has 16 heavy (non-hydrogen) atoms. The fourth-order valence-electron chi connectivity index (χ4n) is 1.94. The van der Waals surface area contributed by atoms with Crippen LogP contribution in [0.3, 0.4) is 0 Å². The Hall–Kier alpha value is -1.03. The fourth-order valence-corrected chi connectivity index (χ4v) is 1.94. The third-order valence-corrected chi connectivity index (χ3v) is 2.97. The van der Waals surface area contributed by atoms with Crippen LogP contribution in [0.4, 0.5) is 0 Å². The lowest BCUT2D eigenvalue weighted by Gasteiger charge is -2.22. The predicted molar refractivity (Wildman–Crippen MR) is 63.7 cm³/mol. The van der Waals surface area contributed by atoms with Crippen molar-refractivity contribution in [3.63, 3.8) is 0 Å². The summed E-state index contributed by atoms with van der Waals surface area (Å²) in [5.74, 6) is 0.876. The maximum atomic E-state index is 5.73. The molecule has 1 saturated heterocycles. The molecule has 0 saturated carbocycles. The molecule has 2 rings (SSSR count). The quantitative estimate of drug-likeness (QED) is 0.848. The number of ether oxygens (including phenoxy) is 1. The summed E-state index contributed by atoms with van der Waals surface area (Å²) in [5.41, 5.74) is 0. The molecule has 0 amide bonds. The fraction of sp³-hybridized carbons (Fsp3) is 0.750. The second kappa shape index (κ2) is 5.34. The van der Waals surface area contributed by atoms with Crippen molar-refractivity contribution in [1.29, 1.82) is 0 Å². The van der Waals surface area contributed by atoms with E-state index in [9.17, 15) is 0 Å². The van der Waals surface area contributed by atoms with Gasteiger partial charge >= 0.3 is 0 Å². The van der Waals surface area contributed by atoms with Gasteiger partial charge in [0, 0.05) is 12.1 Å². The van der Waals surface area contributed by atoms with E-state index < -0.39 is 0 Å². The lowest BCUT2D eigenvalue weighted by molar-refractivity contribution is 0.238. The first-order chi connectivity index (χ1) is 7.75. The van der Waals surface area contributed by atoms with Crippen molar-refractivity contribution in [3.05, 3.63) is 12.4 Å². The van der Waals surface area contributed by atoms with Crippen LogP contribution in [0, 0.1) is 0 Å². The van der Waals surface area contributed by atoms with Crippen LogP contribution in [0.25, 0.3) is 0 Å². The van der Waals surface area contributed by atoms with Gasteiger partial charge in [0.05, 0.1) is 12.4 Å². The summed E-state index contributed by atoms with van der Waals surface area (Å²) in [7, 11) is 0. The molecule has 0 bridgehead atoms. The van der Waals surface area contributed by atoms with Gasteiger partial charge in [-0.1, -0.05) is 6.42 Å². The zero-order valence-electron chi connectivity index (χ0n) is 10.1. The number of hydrogen-bond acceptors (Lipinski definition) is 3. The van der Waals surface area contributed by atoms with Gasteiger partial charge in [0.25, 0.3) is 0 Å². The Bertz CT molecular complexity index is 316. The van der Waals surface area contributed by atoms with Crippen LogP contribution in [-0.4, -0.2) is 29.0 Å². The molecule has 0 aliphatic carbocycles. The Kier molecular flexibility index (Phi) is 3.83. The Labute approximate surface area is 97.0 Å². The summed E-state index contributed by atoms with van der Waals surface area (Å²) in [4.78, 5) is 0. The Balaban J connectivity index is 1.79. The minimum absolute atomic E-state index is 0.394. The van der Waals surface area contributed by atoms with Crippen LogP contribution >= 0.6 is 0 Å². The summed E-state index contributed by atoms with van der Waals surface area (Å²) in [5, 5.41) is 7.72. The van der Waals surface area contributed by atoms with Crippen molar-refractivity contribution in [2.75, 3.05) is 13.2 Å². The third kappa shape index (κ3) is 2.98.